The van der Waals surface area contributed by atoms with Gasteiger partial charge >= 0.3 is 0 Å². The van der Waals surface area contributed by atoms with Crippen LogP contribution in [-0.2, 0) is 4.74 Å². The predicted octanol–water partition coefficient (Wildman–Crippen LogP) is 2.77. The lowest BCUT2D eigenvalue weighted by atomic mass is 10.1. The summed E-state index contributed by atoms with van der Waals surface area (Å²) in [4.78, 5) is 0. The largest absolute Gasteiger partial charge is 0.497 e. The van der Waals surface area contributed by atoms with Crippen LogP contribution in [0.5, 0.6) is 5.75 Å². The Balaban J connectivity index is 2.64. The van der Waals surface area contributed by atoms with Crippen molar-refractivity contribution in [3.05, 3.63) is 29.8 Å². The van der Waals surface area contributed by atoms with Crippen LogP contribution >= 0.6 is 0 Å². The second kappa shape index (κ2) is 7.30. The Hall–Kier alpha value is -1.06. The van der Waals surface area contributed by atoms with Crippen molar-refractivity contribution in [2.24, 2.45) is 0 Å². The Morgan fingerprint density at radius 2 is 2.06 bits per heavy atom. The van der Waals surface area contributed by atoms with Crippen LogP contribution in [-0.4, -0.2) is 26.9 Å². The number of hydrogen-bond donors (Lipinski definition) is 1. The number of hydrogen-bond acceptors (Lipinski definition) is 3. The molecule has 0 aromatic heterocycles. The second-order valence-corrected chi connectivity index (χ2v) is 4.23. The van der Waals surface area contributed by atoms with Gasteiger partial charge in [-0.05, 0) is 31.0 Å². The van der Waals surface area contributed by atoms with Gasteiger partial charge in [0.15, 0.2) is 0 Å². The molecule has 0 saturated heterocycles. The van der Waals surface area contributed by atoms with Crippen LogP contribution in [0.2, 0.25) is 0 Å². The minimum Gasteiger partial charge on any atom is -0.497 e. The highest BCUT2D eigenvalue weighted by atomic mass is 16.5. The van der Waals surface area contributed by atoms with Gasteiger partial charge in [-0.3, -0.25) is 0 Å². The molecule has 2 atom stereocenters. The third-order valence-electron chi connectivity index (χ3n) is 2.94. The van der Waals surface area contributed by atoms with Crippen molar-refractivity contribution >= 4 is 0 Å². The molecule has 17 heavy (non-hydrogen) atoms. The van der Waals surface area contributed by atoms with Crippen molar-refractivity contribution in [2.75, 3.05) is 20.8 Å². The smallest absolute Gasteiger partial charge is 0.119 e. The number of benzene rings is 1. The monoisotopic (exact) mass is 237 g/mol. The first-order valence-electron chi connectivity index (χ1n) is 6.10. The van der Waals surface area contributed by atoms with Gasteiger partial charge in [-0.2, -0.15) is 0 Å². The molecule has 1 aromatic rings. The molecular weight excluding hydrogens is 214 g/mol. The summed E-state index contributed by atoms with van der Waals surface area (Å²) in [5, 5.41) is 3.55. The second-order valence-electron chi connectivity index (χ2n) is 4.23. The van der Waals surface area contributed by atoms with Crippen molar-refractivity contribution in [3.8, 4) is 5.75 Å². The molecule has 2 unspecified atom stereocenters. The van der Waals surface area contributed by atoms with Crippen LogP contribution in [0.4, 0.5) is 0 Å². The molecule has 3 nitrogen and oxygen atoms in total. The summed E-state index contributed by atoms with van der Waals surface area (Å²) in [5.74, 6) is 0.899. The molecule has 0 bridgehead atoms. The Bertz CT molecular complexity index is 328. The Labute approximate surface area is 104 Å². The van der Waals surface area contributed by atoms with Gasteiger partial charge in [-0.15, -0.1) is 0 Å². The summed E-state index contributed by atoms with van der Waals surface area (Å²) in [6, 6.07) is 8.84. The predicted molar refractivity (Wildman–Crippen MR) is 70.5 cm³/mol. The van der Waals surface area contributed by atoms with Crippen molar-refractivity contribution in [1.29, 1.82) is 0 Å². The topological polar surface area (TPSA) is 30.5 Å². The first-order valence-corrected chi connectivity index (χ1v) is 6.10. The third-order valence-corrected chi connectivity index (χ3v) is 2.94. The van der Waals surface area contributed by atoms with Crippen LogP contribution in [0, 0.1) is 0 Å². The molecule has 0 fully saturated rings. The third kappa shape index (κ3) is 4.36. The zero-order chi connectivity index (χ0) is 12.7. The van der Waals surface area contributed by atoms with E-state index in [1.54, 1.807) is 14.2 Å². The lowest BCUT2D eigenvalue weighted by Gasteiger charge is -2.22. The van der Waals surface area contributed by atoms with E-state index in [0.29, 0.717) is 12.1 Å². The number of ether oxygens (including phenoxy) is 2. The average molecular weight is 237 g/mol. The van der Waals surface area contributed by atoms with E-state index < -0.39 is 0 Å². The first kappa shape index (κ1) is 14.0. The highest BCUT2D eigenvalue weighted by molar-refractivity contribution is 5.30. The van der Waals surface area contributed by atoms with E-state index in [1.807, 2.05) is 12.1 Å². The molecular formula is C14H23NO2. The van der Waals surface area contributed by atoms with Gasteiger partial charge in [0.2, 0.25) is 0 Å². The molecule has 1 rings (SSSR count). The van der Waals surface area contributed by atoms with Crippen molar-refractivity contribution < 1.29 is 9.47 Å². The number of methoxy groups -OCH3 is 2. The van der Waals surface area contributed by atoms with Crippen LogP contribution < -0.4 is 10.1 Å². The maximum atomic E-state index is 5.23. The zero-order valence-electron chi connectivity index (χ0n) is 11.2. The average Bonchev–Trinajstić information content (AvgIpc) is 2.38. The molecule has 0 heterocycles. The molecule has 96 valence electrons. The molecule has 0 aliphatic rings. The lowest BCUT2D eigenvalue weighted by Crippen LogP contribution is -2.34. The fourth-order valence-electron chi connectivity index (χ4n) is 1.85. The van der Waals surface area contributed by atoms with Crippen LogP contribution in [0.3, 0.4) is 0 Å². The van der Waals surface area contributed by atoms with Crippen molar-refractivity contribution in [3.63, 3.8) is 0 Å². The van der Waals surface area contributed by atoms with Gasteiger partial charge in [0.25, 0.3) is 0 Å². The lowest BCUT2D eigenvalue weighted by molar-refractivity contribution is 0.159. The fraction of sp³-hybridized carbons (Fsp3) is 0.571. The minimum absolute atomic E-state index is 0.296. The SMILES string of the molecule is CCC(COC)NC(C)c1cccc(OC)c1. The Kier molecular flexibility index (Phi) is 6.01. The van der Waals surface area contributed by atoms with E-state index in [4.69, 9.17) is 9.47 Å². The molecule has 0 aliphatic carbocycles. The highest BCUT2D eigenvalue weighted by Crippen LogP contribution is 2.19. The van der Waals surface area contributed by atoms with E-state index in [0.717, 1.165) is 18.8 Å². The van der Waals surface area contributed by atoms with Gasteiger partial charge in [0.1, 0.15) is 5.75 Å². The van der Waals surface area contributed by atoms with Crippen molar-refractivity contribution in [1.82, 2.24) is 5.32 Å². The highest BCUT2D eigenvalue weighted by Gasteiger charge is 2.11. The Morgan fingerprint density at radius 1 is 1.29 bits per heavy atom. The summed E-state index contributed by atoms with van der Waals surface area (Å²) in [5.41, 5.74) is 1.24. The summed E-state index contributed by atoms with van der Waals surface area (Å²) >= 11 is 0. The maximum Gasteiger partial charge on any atom is 0.119 e. The van der Waals surface area contributed by atoms with E-state index in [-0.39, 0.29) is 0 Å². The minimum atomic E-state index is 0.296. The molecule has 0 spiro atoms. The molecule has 0 aliphatic heterocycles. The molecule has 0 saturated carbocycles. The van der Waals surface area contributed by atoms with Gasteiger partial charge in [-0.1, -0.05) is 19.1 Å². The standard InChI is InChI=1S/C14H23NO2/c1-5-13(10-16-3)15-11(2)12-7-6-8-14(9-12)17-4/h6-9,11,13,15H,5,10H2,1-4H3. The number of rotatable bonds is 7. The Morgan fingerprint density at radius 3 is 2.65 bits per heavy atom. The normalized spacial score (nSPS) is 14.4. The summed E-state index contributed by atoms with van der Waals surface area (Å²) < 4.78 is 10.4. The van der Waals surface area contributed by atoms with E-state index in [9.17, 15) is 0 Å². The zero-order valence-corrected chi connectivity index (χ0v) is 11.2. The van der Waals surface area contributed by atoms with Crippen LogP contribution in [0.1, 0.15) is 31.9 Å². The quantitative estimate of drug-likeness (QED) is 0.791. The van der Waals surface area contributed by atoms with Gasteiger partial charge in [0.05, 0.1) is 13.7 Å². The molecule has 1 N–H and O–H groups in total. The fourth-order valence-corrected chi connectivity index (χ4v) is 1.85. The maximum absolute atomic E-state index is 5.23. The van der Waals surface area contributed by atoms with E-state index in [2.05, 4.69) is 31.3 Å². The van der Waals surface area contributed by atoms with Gasteiger partial charge in [-0.25, -0.2) is 0 Å². The molecule has 0 amide bonds. The first-order chi connectivity index (χ1) is 8.21. The van der Waals surface area contributed by atoms with Gasteiger partial charge < -0.3 is 14.8 Å². The van der Waals surface area contributed by atoms with Crippen molar-refractivity contribution in [2.45, 2.75) is 32.4 Å². The molecule has 0 radical (unpaired) electrons. The van der Waals surface area contributed by atoms with Crippen LogP contribution in [0.25, 0.3) is 0 Å². The van der Waals surface area contributed by atoms with Crippen LogP contribution in [0.15, 0.2) is 24.3 Å². The molecule has 1 aromatic carbocycles. The van der Waals surface area contributed by atoms with Gasteiger partial charge in [0, 0.05) is 19.2 Å². The van der Waals surface area contributed by atoms with E-state index >= 15 is 0 Å². The summed E-state index contributed by atoms with van der Waals surface area (Å²) in [7, 11) is 3.43. The summed E-state index contributed by atoms with van der Waals surface area (Å²) in [6.07, 6.45) is 1.06. The number of nitrogens with one attached hydrogen (secondary N) is 1. The summed E-state index contributed by atoms with van der Waals surface area (Å²) in [6.45, 7) is 5.06. The molecule has 3 heteroatoms. The van der Waals surface area contributed by atoms with E-state index in [1.165, 1.54) is 5.56 Å².